The first-order valence-electron chi connectivity index (χ1n) is 6.06. The maximum absolute atomic E-state index is 12.2. The van der Waals surface area contributed by atoms with Crippen LogP contribution in [0.15, 0.2) is 29.2 Å². The molecule has 0 amide bonds. The zero-order valence-corrected chi connectivity index (χ0v) is 12.8. The highest BCUT2D eigenvalue weighted by Gasteiger charge is 2.28. The predicted octanol–water partition coefficient (Wildman–Crippen LogP) is 2.45. The van der Waals surface area contributed by atoms with Gasteiger partial charge in [-0.05, 0) is 36.6 Å². The lowest BCUT2D eigenvalue weighted by molar-refractivity contribution is -0.114. The number of carbonyl (C=O) groups excluding carboxylic acids is 1. The lowest BCUT2D eigenvalue weighted by Crippen LogP contribution is -2.43. The van der Waals surface area contributed by atoms with E-state index in [0.717, 1.165) is 5.56 Å². The molecular weight excluding hydrogens is 286 g/mol. The van der Waals surface area contributed by atoms with Gasteiger partial charge in [-0.2, -0.15) is 4.72 Å². The highest BCUT2D eigenvalue weighted by molar-refractivity contribution is 7.89. The van der Waals surface area contributed by atoms with Gasteiger partial charge in [0.05, 0.1) is 10.9 Å². The fourth-order valence-electron chi connectivity index (χ4n) is 1.57. The van der Waals surface area contributed by atoms with E-state index >= 15 is 0 Å². The molecule has 0 unspecified atom stereocenters. The molecule has 1 N–H and O–H groups in total. The summed E-state index contributed by atoms with van der Waals surface area (Å²) in [4.78, 5) is 11.5. The third-order valence-electron chi connectivity index (χ3n) is 3.07. The molecule has 1 rings (SSSR count). The van der Waals surface area contributed by atoms with Crippen molar-refractivity contribution in [3.05, 3.63) is 29.8 Å². The van der Waals surface area contributed by atoms with Gasteiger partial charge in [0.1, 0.15) is 0 Å². The fraction of sp³-hybridized carbons (Fsp3) is 0.462. The van der Waals surface area contributed by atoms with Gasteiger partial charge in [0, 0.05) is 0 Å². The number of halogens is 1. The fourth-order valence-corrected chi connectivity index (χ4v) is 3.21. The second kappa shape index (κ2) is 6.50. The third-order valence-corrected chi connectivity index (χ3v) is 4.76. The highest BCUT2D eigenvalue weighted by Crippen LogP contribution is 2.16. The molecule has 0 saturated heterocycles. The van der Waals surface area contributed by atoms with Crippen LogP contribution in [0.25, 0.3) is 0 Å². The van der Waals surface area contributed by atoms with E-state index in [4.69, 9.17) is 11.6 Å². The van der Waals surface area contributed by atoms with E-state index in [1.807, 2.05) is 13.8 Å². The van der Waals surface area contributed by atoms with E-state index in [0.29, 0.717) is 6.42 Å². The van der Waals surface area contributed by atoms with Gasteiger partial charge >= 0.3 is 0 Å². The van der Waals surface area contributed by atoms with Crippen molar-refractivity contribution in [2.45, 2.75) is 38.1 Å². The number of nitrogens with one attached hydrogen (secondary N) is 1. The van der Waals surface area contributed by atoms with Crippen molar-refractivity contribution in [1.29, 1.82) is 0 Å². The van der Waals surface area contributed by atoms with E-state index < -0.39 is 21.3 Å². The van der Waals surface area contributed by atoms with Crippen LogP contribution in [0.1, 0.15) is 25.8 Å². The maximum Gasteiger partial charge on any atom is 0.241 e. The minimum absolute atomic E-state index is 0.129. The van der Waals surface area contributed by atoms with Gasteiger partial charge in [0.15, 0.2) is 0 Å². The Morgan fingerprint density at radius 2 is 1.84 bits per heavy atom. The van der Waals surface area contributed by atoms with Crippen LogP contribution < -0.4 is 4.72 Å². The largest absolute Gasteiger partial charge is 0.279 e. The first-order valence-corrected chi connectivity index (χ1v) is 7.92. The molecule has 0 spiro atoms. The maximum atomic E-state index is 12.2. The van der Waals surface area contributed by atoms with E-state index in [1.165, 1.54) is 12.1 Å². The Morgan fingerprint density at radius 1 is 1.32 bits per heavy atom. The summed E-state index contributed by atoms with van der Waals surface area (Å²) in [5, 5.41) is -0.690. The van der Waals surface area contributed by atoms with E-state index in [2.05, 4.69) is 4.72 Å². The Morgan fingerprint density at radius 3 is 2.26 bits per heavy atom. The Hall–Kier alpha value is -0.910. The summed E-state index contributed by atoms with van der Waals surface area (Å²) in [6.07, 6.45) is 0.652. The zero-order chi connectivity index (χ0) is 14.6. The Labute approximate surface area is 119 Å². The Kier molecular flexibility index (Phi) is 5.52. The Bertz CT molecular complexity index is 540. The molecule has 6 heteroatoms. The number of hydrogen-bond acceptors (Lipinski definition) is 3. The number of carbonyl (C=O) groups is 1. The quantitative estimate of drug-likeness (QED) is 0.821. The molecule has 4 nitrogen and oxygen atoms in total. The molecule has 0 aliphatic rings. The molecular formula is C13H18ClNO3S. The van der Waals surface area contributed by atoms with Crippen molar-refractivity contribution in [3.63, 3.8) is 0 Å². The number of benzene rings is 1. The summed E-state index contributed by atoms with van der Waals surface area (Å²) in [6.45, 7) is 5.52. The van der Waals surface area contributed by atoms with E-state index in [1.54, 1.807) is 19.1 Å². The average Bonchev–Trinajstić information content (AvgIpc) is 2.35. The Balaban J connectivity index is 3.00. The van der Waals surface area contributed by atoms with Gasteiger partial charge < -0.3 is 0 Å². The van der Waals surface area contributed by atoms with Crippen LogP contribution in [0, 0.1) is 12.8 Å². The van der Waals surface area contributed by atoms with Gasteiger partial charge in [0.25, 0.3) is 0 Å². The van der Waals surface area contributed by atoms with E-state index in [-0.39, 0.29) is 10.8 Å². The number of hydrogen-bond donors (Lipinski definition) is 1. The van der Waals surface area contributed by atoms with Gasteiger partial charge in [-0.3, -0.25) is 4.79 Å². The zero-order valence-electron chi connectivity index (χ0n) is 11.2. The monoisotopic (exact) mass is 303 g/mol. The summed E-state index contributed by atoms with van der Waals surface area (Å²) in [7, 11) is -3.73. The minimum atomic E-state index is -3.73. The van der Waals surface area contributed by atoms with E-state index in [9.17, 15) is 13.2 Å². The molecule has 2 atom stereocenters. The summed E-state index contributed by atoms with van der Waals surface area (Å²) < 4.78 is 26.7. The van der Waals surface area contributed by atoms with Crippen LogP contribution in [0.4, 0.5) is 0 Å². The lowest BCUT2D eigenvalue weighted by Gasteiger charge is -2.20. The van der Waals surface area contributed by atoms with Crippen LogP contribution in [0.2, 0.25) is 0 Å². The lowest BCUT2D eigenvalue weighted by atomic mass is 10.0. The van der Waals surface area contributed by atoms with Gasteiger partial charge in [-0.1, -0.05) is 38.0 Å². The van der Waals surface area contributed by atoms with Gasteiger partial charge in [0.2, 0.25) is 15.3 Å². The smallest absolute Gasteiger partial charge is 0.241 e. The molecule has 0 heterocycles. The molecule has 19 heavy (non-hydrogen) atoms. The van der Waals surface area contributed by atoms with Gasteiger partial charge in [-0.25, -0.2) is 8.42 Å². The van der Waals surface area contributed by atoms with Crippen LogP contribution in [0.3, 0.4) is 0 Å². The number of rotatable bonds is 6. The molecule has 1 aromatic carbocycles. The molecule has 0 radical (unpaired) electrons. The topological polar surface area (TPSA) is 63.2 Å². The number of aryl methyl sites for hydroxylation is 1. The molecule has 106 valence electrons. The molecule has 0 aromatic heterocycles. The first-order chi connectivity index (χ1) is 8.77. The molecule has 1 aromatic rings. The van der Waals surface area contributed by atoms with Crippen LogP contribution >= 0.6 is 11.6 Å². The summed E-state index contributed by atoms with van der Waals surface area (Å²) in [6, 6.07) is 5.51. The molecule has 0 aliphatic heterocycles. The standard InChI is InChI=1S/C13H18ClNO3S/c1-4-10(3)12(13(14)16)15-19(17,18)11-7-5-9(2)6-8-11/h5-8,10,12,15H,4H2,1-3H3/t10-,12-/m0/s1. The van der Waals surface area contributed by atoms with Crippen molar-refractivity contribution >= 4 is 26.9 Å². The molecule has 0 aliphatic carbocycles. The van der Waals surface area contributed by atoms with Crippen molar-refractivity contribution in [1.82, 2.24) is 4.72 Å². The van der Waals surface area contributed by atoms with Crippen molar-refractivity contribution in [2.24, 2.45) is 5.92 Å². The minimum Gasteiger partial charge on any atom is -0.279 e. The van der Waals surface area contributed by atoms with Crippen LogP contribution in [0.5, 0.6) is 0 Å². The highest BCUT2D eigenvalue weighted by atomic mass is 35.5. The predicted molar refractivity (Wildman–Crippen MR) is 75.6 cm³/mol. The van der Waals surface area contributed by atoms with Crippen molar-refractivity contribution in [3.8, 4) is 0 Å². The van der Waals surface area contributed by atoms with Gasteiger partial charge in [-0.15, -0.1) is 0 Å². The number of sulfonamides is 1. The van der Waals surface area contributed by atoms with Crippen LogP contribution in [-0.2, 0) is 14.8 Å². The molecule has 0 bridgehead atoms. The average molecular weight is 304 g/mol. The van der Waals surface area contributed by atoms with Crippen LogP contribution in [-0.4, -0.2) is 19.7 Å². The first kappa shape index (κ1) is 16.1. The summed E-state index contributed by atoms with van der Waals surface area (Å²) in [5.74, 6) is -0.162. The van der Waals surface area contributed by atoms with Crippen molar-refractivity contribution < 1.29 is 13.2 Å². The summed E-state index contributed by atoms with van der Waals surface area (Å²) >= 11 is 5.47. The van der Waals surface area contributed by atoms with Crippen molar-refractivity contribution in [2.75, 3.05) is 0 Å². The second-order valence-corrected chi connectivity index (χ2v) is 6.69. The molecule has 0 saturated carbocycles. The second-order valence-electron chi connectivity index (χ2n) is 4.60. The third kappa shape index (κ3) is 4.30. The molecule has 0 fully saturated rings. The SMILES string of the molecule is CC[C@H](C)[C@H](NS(=O)(=O)c1ccc(C)cc1)C(=O)Cl. The summed E-state index contributed by atoms with van der Waals surface area (Å²) in [5.41, 5.74) is 0.964. The normalized spacial score (nSPS) is 14.9.